The summed E-state index contributed by atoms with van der Waals surface area (Å²) in [6.07, 6.45) is 6.67. The second kappa shape index (κ2) is 10.2. The largest absolute Gasteiger partial charge is 0.383 e. The van der Waals surface area contributed by atoms with E-state index >= 15 is 0 Å². The Hall–Kier alpha value is -2.72. The van der Waals surface area contributed by atoms with Gasteiger partial charge in [-0.2, -0.15) is 10.2 Å². The molecule has 41 heavy (non-hydrogen) atoms. The van der Waals surface area contributed by atoms with Crippen LogP contribution < -0.4 is 10.9 Å². The number of aromatic nitrogens is 4. The molecule has 1 aromatic carbocycles. The van der Waals surface area contributed by atoms with Gasteiger partial charge in [-0.15, -0.1) is 11.6 Å². The van der Waals surface area contributed by atoms with Crippen LogP contribution in [0.5, 0.6) is 0 Å². The number of halogens is 1. The maximum Gasteiger partial charge on any atom is 0.245 e. The van der Waals surface area contributed by atoms with Gasteiger partial charge in [0.1, 0.15) is 0 Å². The van der Waals surface area contributed by atoms with E-state index in [0.29, 0.717) is 30.5 Å². The Bertz CT molecular complexity index is 1480. The number of carbonyl (C=O) groups is 1. The Labute approximate surface area is 246 Å². The number of hydrogen-bond donors (Lipinski definition) is 2. The minimum Gasteiger partial charge on any atom is -0.383 e. The zero-order chi connectivity index (χ0) is 28.5. The summed E-state index contributed by atoms with van der Waals surface area (Å²) in [7, 11) is 1.71. The maximum absolute atomic E-state index is 12.1. The third-order valence-corrected chi connectivity index (χ3v) is 10.9. The van der Waals surface area contributed by atoms with Gasteiger partial charge in [0, 0.05) is 77.9 Å². The van der Waals surface area contributed by atoms with Crippen LogP contribution in [-0.4, -0.2) is 75.1 Å². The molecule has 5 unspecified atom stereocenters. The van der Waals surface area contributed by atoms with Gasteiger partial charge in [-0.05, 0) is 56.2 Å². The van der Waals surface area contributed by atoms with Crippen molar-refractivity contribution in [1.29, 1.82) is 0 Å². The molecule has 9 nitrogen and oxygen atoms in total. The number of hydrazine groups is 1. The predicted octanol–water partition coefficient (Wildman–Crippen LogP) is 4.03. The molecular weight excluding hydrogens is 538 g/mol. The summed E-state index contributed by atoms with van der Waals surface area (Å²) in [5.74, 6) is 1.02. The van der Waals surface area contributed by atoms with E-state index in [0.717, 1.165) is 67.6 Å². The van der Waals surface area contributed by atoms with Crippen LogP contribution in [0.1, 0.15) is 49.4 Å². The number of ether oxygens (including phenoxy) is 1. The normalized spacial score (nSPS) is 29.0. The first kappa shape index (κ1) is 27.1. The molecule has 2 saturated heterocycles. The zero-order valence-electron chi connectivity index (χ0n) is 24.1. The van der Waals surface area contributed by atoms with Crippen molar-refractivity contribution >= 4 is 28.4 Å². The van der Waals surface area contributed by atoms with Gasteiger partial charge in [0.05, 0.1) is 30.4 Å². The number of nitrogens with zero attached hydrogens (tertiary/aromatic N) is 5. The molecule has 10 heteroatoms. The smallest absolute Gasteiger partial charge is 0.245 e. The Morgan fingerprint density at radius 3 is 2.85 bits per heavy atom. The fourth-order valence-electron chi connectivity index (χ4n) is 8.10. The molecule has 0 bridgehead atoms. The van der Waals surface area contributed by atoms with E-state index < -0.39 is 0 Å². The molecule has 5 atom stereocenters. The Morgan fingerprint density at radius 2 is 2.10 bits per heavy atom. The molecule has 2 saturated carbocycles. The number of fused-ring (bicyclic) bond motifs is 2. The molecule has 1 spiro atoms. The van der Waals surface area contributed by atoms with Crippen molar-refractivity contribution in [1.82, 2.24) is 35.3 Å². The Kier molecular flexibility index (Phi) is 6.77. The second-order valence-electron chi connectivity index (χ2n) is 12.9. The fraction of sp³-hybridized carbons (Fsp3) is 0.581. The molecule has 4 heterocycles. The van der Waals surface area contributed by atoms with Crippen LogP contribution in [0.15, 0.2) is 37.1 Å². The Morgan fingerprint density at radius 1 is 1.29 bits per heavy atom. The lowest BCUT2D eigenvalue weighted by Crippen LogP contribution is -2.63. The molecule has 4 aliphatic rings. The van der Waals surface area contributed by atoms with Crippen LogP contribution in [-0.2, 0) is 16.1 Å². The van der Waals surface area contributed by atoms with Crippen molar-refractivity contribution in [2.24, 2.45) is 17.3 Å². The average molecular weight is 578 g/mol. The first-order chi connectivity index (χ1) is 19.8. The van der Waals surface area contributed by atoms with E-state index in [1.807, 2.05) is 9.58 Å². The highest BCUT2D eigenvalue weighted by molar-refractivity contribution is 6.21. The van der Waals surface area contributed by atoms with E-state index in [4.69, 9.17) is 26.5 Å². The third-order valence-electron chi connectivity index (χ3n) is 10.2. The number of rotatable bonds is 7. The first-order valence-corrected chi connectivity index (χ1v) is 15.3. The highest BCUT2D eigenvalue weighted by Gasteiger charge is 2.55. The summed E-state index contributed by atoms with van der Waals surface area (Å²) < 4.78 is 9.49. The number of methoxy groups -OCH3 is 1. The maximum atomic E-state index is 12.1. The van der Waals surface area contributed by atoms with Crippen LogP contribution in [0.3, 0.4) is 0 Å². The second-order valence-corrected chi connectivity index (χ2v) is 13.4. The van der Waals surface area contributed by atoms with Crippen LogP contribution in [0.25, 0.3) is 22.2 Å². The average Bonchev–Trinajstić information content (AvgIpc) is 3.63. The number of carbonyl (C=O) groups excluding carboxylic acids is 1. The molecule has 4 fully saturated rings. The van der Waals surface area contributed by atoms with E-state index in [-0.39, 0.29) is 22.6 Å². The molecule has 7 rings (SSSR count). The fourth-order valence-corrected chi connectivity index (χ4v) is 8.52. The molecule has 218 valence electrons. The summed E-state index contributed by atoms with van der Waals surface area (Å²) in [5.41, 5.74) is 12.8. The van der Waals surface area contributed by atoms with Crippen LogP contribution >= 0.6 is 11.6 Å². The third kappa shape index (κ3) is 4.44. The number of nitrogens with one attached hydrogen (secondary N) is 2. The molecule has 1 amide bonds. The minimum atomic E-state index is 0.0337. The quantitative estimate of drug-likeness (QED) is 0.326. The van der Waals surface area contributed by atoms with Gasteiger partial charge in [-0.25, -0.2) is 0 Å². The van der Waals surface area contributed by atoms with Crippen LogP contribution in [0.2, 0.25) is 0 Å². The van der Waals surface area contributed by atoms with E-state index in [2.05, 4.69) is 60.4 Å². The minimum absolute atomic E-state index is 0.0337. The first-order valence-electron chi connectivity index (χ1n) is 14.9. The van der Waals surface area contributed by atoms with E-state index in [1.165, 1.54) is 17.3 Å². The highest BCUT2D eigenvalue weighted by atomic mass is 35.5. The van der Waals surface area contributed by atoms with Gasteiger partial charge >= 0.3 is 0 Å². The van der Waals surface area contributed by atoms with Crippen molar-refractivity contribution < 1.29 is 9.53 Å². The summed E-state index contributed by atoms with van der Waals surface area (Å²) >= 11 is 7.32. The van der Waals surface area contributed by atoms with Crippen molar-refractivity contribution in [2.45, 2.75) is 63.0 Å². The standard InChI is InChI=1S/C31H40ClN7O2/c1-5-26(40)37-16-31(17-37)12-22(13-31)39-19(3)27(28-23-14-33-34-25(23)10-18(2)29(28)32)30(36-39)20-6-7-24-21(11-20)15-38(35-24)8-9-41-4/h5-7,11,15,18,22-23,25,28-29,33-34H,1,8-10,12-14,16-17H2,2-4H3. The van der Waals surface area contributed by atoms with Crippen molar-refractivity contribution in [3.63, 3.8) is 0 Å². The molecule has 2 aliphatic heterocycles. The van der Waals surface area contributed by atoms with Crippen molar-refractivity contribution in [2.75, 3.05) is 33.4 Å². The Balaban J connectivity index is 1.26. The number of alkyl halides is 1. The molecule has 2 aromatic heterocycles. The van der Waals surface area contributed by atoms with Gasteiger partial charge in [0.2, 0.25) is 5.91 Å². The lowest BCUT2D eigenvalue weighted by atomic mass is 9.60. The van der Waals surface area contributed by atoms with Gasteiger partial charge in [0.25, 0.3) is 0 Å². The van der Waals surface area contributed by atoms with Crippen LogP contribution in [0, 0.1) is 24.2 Å². The number of likely N-dealkylation sites (tertiary alicyclic amines) is 1. The van der Waals surface area contributed by atoms with Gasteiger partial charge in [-0.3, -0.25) is 25.0 Å². The van der Waals surface area contributed by atoms with Gasteiger partial charge in [-0.1, -0.05) is 19.6 Å². The summed E-state index contributed by atoms with van der Waals surface area (Å²) in [4.78, 5) is 14.0. The molecule has 3 aromatic rings. The van der Waals surface area contributed by atoms with Crippen LogP contribution in [0.4, 0.5) is 0 Å². The predicted molar refractivity (Wildman–Crippen MR) is 160 cm³/mol. The summed E-state index contributed by atoms with van der Waals surface area (Å²) in [5, 5.41) is 11.2. The number of amides is 1. The monoisotopic (exact) mass is 577 g/mol. The molecule has 2 aliphatic carbocycles. The summed E-state index contributed by atoms with van der Waals surface area (Å²) in [6.45, 7) is 12.1. The van der Waals surface area contributed by atoms with E-state index in [1.54, 1.807) is 7.11 Å². The van der Waals surface area contributed by atoms with Gasteiger partial charge in [0.15, 0.2) is 0 Å². The van der Waals surface area contributed by atoms with Crippen molar-refractivity contribution in [3.8, 4) is 11.3 Å². The molecule has 2 N–H and O–H groups in total. The SMILES string of the molecule is C=CC(=O)N1CC2(CC(n3nc(-c4ccc5nn(CCOC)cc5c4)c(C4C(Cl)C(C)CC5NNCC54)c3C)C2)C1. The molecular formula is C31H40ClN7O2. The number of hydrogen-bond acceptors (Lipinski definition) is 6. The lowest BCUT2D eigenvalue weighted by Gasteiger charge is -2.58. The lowest BCUT2D eigenvalue weighted by molar-refractivity contribution is -0.149. The van der Waals surface area contributed by atoms with Crippen molar-refractivity contribution in [3.05, 3.63) is 48.3 Å². The van der Waals surface area contributed by atoms with E-state index in [9.17, 15) is 4.79 Å². The zero-order valence-corrected chi connectivity index (χ0v) is 24.9. The topological polar surface area (TPSA) is 89.2 Å². The number of benzene rings is 1. The summed E-state index contributed by atoms with van der Waals surface area (Å²) in [6, 6.07) is 7.22. The highest BCUT2D eigenvalue weighted by Crippen LogP contribution is 2.56. The van der Waals surface area contributed by atoms with Gasteiger partial charge < -0.3 is 9.64 Å². The molecule has 0 radical (unpaired) electrons.